The van der Waals surface area contributed by atoms with E-state index in [-0.39, 0.29) is 5.91 Å². The van der Waals surface area contributed by atoms with Gasteiger partial charge < -0.3 is 5.32 Å². The monoisotopic (exact) mass is 333 g/mol. The van der Waals surface area contributed by atoms with Gasteiger partial charge in [-0.2, -0.15) is 10.2 Å². The van der Waals surface area contributed by atoms with E-state index in [9.17, 15) is 4.79 Å². The quantitative estimate of drug-likeness (QED) is 0.794. The van der Waals surface area contributed by atoms with Gasteiger partial charge in [-0.1, -0.05) is 12.1 Å². The number of aromatic nitrogens is 4. The van der Waals surface area contributed by atoms with Crippen LogP contribution in [0, 0.1) is 20.8 Å². The number of amides is 1. The van der Waals surface area contributed by atoms with Crippen LogP contribution in [0.3, 0.4) is 0 Å². The number of hydrogen-bond donors (Lipinski definition) is 1. The first-order valence-electron chi connectivity index (χ1n) is 7.99. The zero-order chi connectivity index (χ0) is 17.8. The number of carbonyl (C=O) groups is 1. The molecule has 1 amide bonds. The van der Waals surface area contributed by atoms with E-state index in [0.717, 1.165) is 33.8 Å². The molecule has 126 valence electrons. The van der Waals surface area contributed by atoms with E-state index >= 15 is 0 Å². The molecule has 2 aromatic heterocycles. The molecule has 0 spiro atoms. The maximum absolute atomic E-state index is 12.3. The molecule has 0 unspecified atom stereocenters. The van der Waals surface area contributed by atoms with Crippen LogP contribution in [0.5, 0.6) is 0 Å². The Bertz CT molecular complexity index is 889. The second-order valence-corrected chi connectivity index (χ2v) is 5.91. The first-order chi connectivity index (χ1) is 12.0. The van der Waals surface area contributed by atoms with Gasteiger partial charge in [0, 0.05) is 17.3 Å². The Morgan fingerprint density at radius 3 is 2.44 bits per heavy atom. The lowest BCUT2D eigenvalue weighted by atomic mass is 10.0. The topological polar surface area (TPSA) is 80.7 Å². The highest BCUT2D eigenvalue weighted by molar-refractivity contribution is 5.94. The van der Waals surface area contributed by atoms with E-state index in [1.807, 2.05) is 32.9 Å². The first kappa shape index (κ1) is 16.7. The summed E-state index contributed by atoms with van der Waals surface area (Å²) in [6, 6.07) is 7.35. The number of carbonyl (C=O) groups excluding carboxylic acids is 1. The molecule has 0 aliphatic rings. The van der Waals surface area contributed by atoms with Gasteiger partial charge in [-0.3, -0.25) is 14.8 Å². The molecule has 25 heavy (non-hydrogen) atoms. The fourth-order valence-corrected chi connectivity index (χ4v) is 2.37. The third kappa shape index (κ3) is 3.85. The molecule has 0 radical (unpaired) electrons. The van der Waals surface area contributed by atoms with Crippen molar-refractivity contribution in [1.29, 1.82) is 0 Å². The first-order valence-corrected chi connectivity index (χ1v) is 7.99. The minimum atomic E-state index is -0.152. The Kier molecular flexibility index (Phi) is 4.79. The van der Waals surface area contributed by atoms with Crippen molar-refractivity contribution in [3.63, 3.8) is 0 Å². The van der Waals surface area contributed by atoms with Crippen molar-refractivity contribution in [2.75, 3.05) is 0 Å². The van der Waals surface area contributed by atoms with Crippen LogP contribution < -0.4 is 5.32 Å². The standard InChI is InChI=1S/C19H19N5O/c1-12-8-23-24-18(14(12)3)15-4-6-16(7-5-15)19(25)22-11-17-10-20-13(2)9-21-17/h4-10H,11H2,1-3H3,(H,22,25). The molecule has 3 aromatic rings. The van der Waals surface area contributed by atoms with Crippen LogP contribution in [0.1, 0.15) is 32.9 Å². The zero-order valence-corrected chi connectivity index (χ0v) is 14.4. The van der Waals surface area contributed by atoms with E-state index in [4.69, 9.17) is 0 Å². The second kappa shape index (κ2) is 7.17. The van der Waals surface area contributed by atoms with Gasteiger partial charge in [0.2, 0.25) is 0 Å². The Morgan fingerprint density at radius 1 is 1.00 bits per heavy atom. The summed E-state index contributed by atoms with van der Waals surface area (Å²) in [5, 5.41) is 11.1. The molecule has 6 nitrogen and oxygen atoms in total. The summed E-state index contributed by atoms with van der Waals surface area (Å²) in [6.07, 6.45) is 5.09. The van der Waals surface area contributed by atoms with Gasteiger partial charge in [0.05, 0.1) is 36.0 Å². The molecular formula is C19H19N5O. The summed E-state index contributed by atoms with van der Waals surface area (Å²) >= 11 is 0. The van der Waals surface area contributed by atoms with Crippen LogP contribution in [0.4, 0.5) is 0 Å². The van der Waals surface area contributed by atoms with Crippen LogP contribution in [0.15, 0.2) is 42.9 Å². The lowest BCUT2D eigenvalue weighted by Gasteiger charge is -2.08. The smallest absolute Gasteiger partial charge is 0.251 e. The molecule has 0 aliphatic heterocycles. The Hall–Kier alpha value is -3.15. The Morgan fingerprint density at radius 2 is 1.76 bits per heavy atom. The molecule has 1 N–H and O–H groups in total. The Balaban J connectivity index is 1.70. The molecule has 0 fully saturated rings. The van der Waals surface area contributed by atoms with Crippen molar-refractivity contribution in [3.05, 3.63) is 70.9 Å². The minimum Gasteiger partial charge on any atom is -0.346 e. The van der Waals surface area contributed by atoms with Crippen LogP contribution in [0.2, 0.25) is 0 Å². The van der Waals surface area contributed by atoms with Crippen molar-refractivity contribution < 1.29 is 4.79 Å². The molecule has 3 rings (SSSR count). The predicted octanol–water partition coefficient (Wildman–Crippen LogP) is 2.79. The third-order valence-electron chi connectivity index (χ3n) is 4.04. The van der Waals surface area contributed by atoms with Crippen molar-refractivity contribution in [2.24, 2.45) is 0 Å². The maximum atomic E-state index is 12.3. The van der Waals surface area contributed by atoms with E-state index in [2.05, 4.69) is 25.5 Å². The van der Waals surface area contributed by atoms with Crippen molar-refractivity contribution in [3.8, 4) is 11.3 Å². The fraction of sp³-hybridized carbons (Fsp3) is 0.211. The van der Waals surface area contributed by atoms with Gasteiger partial charge in [0.25, 0.3) is 5.91 Å². The largest absolute Gasteiger partial charge is 0.346 e. The van der Waals surface area contributed by atoms with Gasteiger partial charge in [-0.05, 0) is 44.0 Å². The zero-order valence-electron chi connectivity index (χ0n) is 14.4. The third-order valence-corrected chi connectivity index (χ3v) is 4.04. The summed E-state index contributed by atoms with van der Waals surface area (Å²) in [6.45, 7) is 6.24. The van der Waals surface area contributed by atoms with Crippen LogP contribution in [0.25, 0.3) is 11.3 Å². The molecule has 0 saturated carbocycles. The maximum Gasteiger partial charge on any atom is 0.251 e. The van der Waals surface area contributed by atoms with Gasteiger partial charge >= 0.3 is 0 Å². The van der Waals surface area contributed by atoms with Crippen molar-refractivity contribution in [1.82, 2.24) is 25.5 Å². The SMILES string of the molecule is Cc1cnc(CNC(=O)c2ccc(-c3nncc(C)c3C)cc2)cn1. The number of hydrogen-bond acceptors (Lipinski definition) is 5. The normalized spacial score (nSPS) is 10.5. The lowest BCUT2D eigenvalue weighted by molar-refractivity contribution is 0.0950. The van der Waals surface area contributed by atoms with Gasteiger partial charge in [0.15, 0.2) is 0 Å². The van der Waals surface area contributed by atoms with Crippen molar-refractivity contribution >= 4 is 5.91 Å². The molecule has 0 saturated heterocycles. The average molecular weight is 333 g/mol. The van der Waals surface area contributed by atoms with Gasteiger partial charge in [-0.25, -0.2) is 0 Å². The highest BCUT2D eigenvalue weighted by atomic mass is 16.1. The molecule has 0 aliphatic carbocycles. The number of nitrogens with one attached hydrogen (secondary N) is 1. The molecular weight excluding hydrogens is 314 g/mol. The van der Waals surface area contributed by atoms with Gasteiger partial charge in [-0.15, -0.1) is 0 Å². The molecule has 0 atom stereocenters. The summed E-state index contributed by atoms with van der Waals surface area (Å²) in [5.41, 5.74) is 6.11. The van der Waals surface area contributed by atoms with Crippen LogP contribution in [-0.2, 0) is 6.54 Å². The summed E-state index contributed by atoms with van der Waals surface area (Å²) in [4.78, 5) is 20.7. The molecule has 2 heterocycles. The van der Waals surface area contributed by atoms with Crippen LogP contribution >= 0.6 is 0 Å². The molecule has 1 aromatic carbocycles. The van der Waals surface area contributed by atoms with E-state index in [0.29, 0.717) is 12.1 Å². The number of rotatable bonds is 4. The summed E-state index contributed by atoms with van der Waals surface area (Å²) in [7, 11) is 0. The predicted molar refractivity (Wildman–Crippen MR) is 94.9 cm³/mol. The highest BCUT2D eigenvalue weighted by Gasteiger charge is 2.09. The number of aryl methyl sites for hydroxylation is 2. The number of nitrogens with zero attached hydrogens (tertiary/aromatic N) is 4. The number of benzene rings is 1. The van der Waals surface area contributed by atoms with Crippen LogP contribution in [-0.4, -0.2) is 26.1 Å². The summed E-state index contributed by atoms with van der Waals surface area (Å²) in [5.74, 6) is -0.152. The van der Waals surface area contributed by atoms with E-state index in [1.165, 1.54) is 0 Å². The van der Waals surface area contributed by atoms with Crippen molar-refractivity contribution in [2.45, 2.75) is 27.3 Å². The van der Waals surface area contributed by atoms with E-state index < -0.39 is 0 Å². The lowest BCUT2D eigenvalue weighted by Crippen LogP contribution is -2.23. The van der Waals surface area contributed by atoms with E-state index in [1.54, 1.807) is 30.7 Å². The average Bonchev–Trinajstić information content (AvgIpc) is 2.63. The molecule has 0 bridgehead atoms. The Labute approximate surface area is 146 Å². The minimum absolute atomic E-state index is 0.152. The highest BCUT2D eigenvalue weighted by Crippen LogP contribution is 2.22. The summed E-state index contributed by atoms with van der Waals surface area (Å²) < 4.78 is 0. The second-order valence-electron chi connectivity index (χ2n) is 5.91. The van der Waals surface area contributed by atoms with Gasteiger partial charge in [0.1, 0.15) is 0 Å². The fourth-order valence-electron chi connectivity index (χ4n) is 2.37. The molecule has 6 heteroatoms.